The fourth-order valence-corrected chi connectivity index (χ4v) is 1.97. The fourth-order valence-electron chi connectivity index (χ4n) is 1.97. The Kier molecular flexibility index (Phi) is 3.77. The van der Waals surface area contributed by atoms with E-state index in [1.165, 1.54) is 0 Å². The van der Waals surface area contributed by atoms with Gasteiger partial charge in [0.05, 0.1) is 5.41 Å². The molecule has 15 heavy (non-hydrogen) atoms. The molecule has 3 heteroatoms. The molecular formula is C12H23NO2. The maximum atomic E-state index is 12.1. The van der Waals surface area contributed by atoms with Crippen LogP contribution in [0.15, 0.2) is 0 Å². The van der Waals surface area contributed by atoms with Crippen molar-refractivity contribution in [1.29, 1.82) is 0 Å². The van der Waals surface area contributed by atoms with E-state index in [4.69, 9.17) is 4.74 Å². The van der Waals surface area contributed by atoms with E-state index in [0.29, 0.717) is 0 Å². The van der Waals surface area contributed by atoms with Crippen molar-refractivity contribution < 1.29 is 9.53 Å². The van der Waals surface area contributed by atoms with Gasteiger partial charge in [-0.15, -0.1) is 0 Å². The minimum absolute atomic E-state index is 0.0373. The molecule has 0 aromatic heterocycles. The molecule has 0 radical (unpaired) electrons. The number of hydrogen-bond donors (Lipinski definition) is 1. The Balaban J connectivity index is 2.68. The highest BCUT2D eigenvalue weighted by atomic mass is 16.6. The zero-order valence-corrected chi connectivity index (χ0v) is 10.4. The lowest BCUT2D eigenvalue weighted by atomic mass is 9.78. The lowest BCUT2D eigenvalue weighted by Gasteiger charge is -2.36. The van der Waals surface area contributed by atoms with Crippen LogP contribution in [0.1, 0.15) is 47.0 Å². The van der Waals surface area contributed by atoms with E-state index in [9.17, 15) is 4.79 Å². The number of hydrogen-bond acceptors (Lipinski definition) is 3. The minimum Gasteiger partial charge on any atom is -0.460 e. The number of nitrogens with one attached hydrogen (secondary N) is 1. The first-order valence-corrected chi connectivity index (χ1v) is 5.84. The summed E-state index contributed by atoms with van der Waals surface area (Å²) in [6.45, 7) is 9.61. The second-order valence-electron chi connectivity index (χ2n) is 5.42. The number of carbonyl (C=O) groups is 1. The topological polar surface area (TPSA) is 38.3 Å². The van der Waals surface area contributed by atoms with E-state index in [-0.39, 0.29) is 17.0 Å². The molecule has 0 aromatic carbocycles. The van der Waals surface area contributed by atoms with Crippen molar-refractivity contribution in [2.24, 2.45) is 5.41 Å². The van der Waals surface area contributed by atoms with Gasteiger partial charge in [-0.05, 0) is 46.6 Å². The SMILES string of the molecule is CC[C@]1(C(=O)OC(C)(C)C)CCCNC1. The second kappa shape index (κ2) is 4.52. The van der Waals surface area contributed by atoms with Gasteiger partial charge in [-0.3, -0.25) is 4.79 Å². The number of carbonyl (C=O) groups excluding carboxylic acids is 1. The van der Waals surface area contributed by atoms with Crippen molar-refractivity contribution in [2.75, 3.05) is 13.1 Å². The predicted octanol–water partition coefficient (Wildman–Crippen LogP) is 2.11. The molecule has 1 heterocycles. The average molecular weight is 213 g/mol. The highest BCUT2D eigenvalue weighted by Gasteiger charge is 2.40. The lowest BCUT2D eigenvalue weighted by Crippen LogP contribution is -2.47. The summed E-state index contributed by atoms with van der Waals surface area (Å²) in [6, 6.07) is 0. The van der Waals surface area contributed by atoms with Crippen molar-refractivity contribution >= 4 is 5.97 Å². The Bertz CT molecular complexity index is 224. The molecule has 1 aliphatic heterocycles. The van der Waals surface area contributed by atoms with Crippen molar-refractivity contribution in [3.63, 3.8) is 0 Å². The van der Waals surface area contributed by atoms with Gasteiger partial charge in [-0.25, -0.2) is 0 Å². The molecule has 1 atom stereocenters. The zero-order chi connectivity index (χ0) is 11.5. The van der Waals surface area contributed by atoms with E-state index < -0.39 is 0 Å². The molecule has 0 aliphatic carbocycles. The quantitative estimate of drug-likeness (QED) is 0.714. The fraction of sp³-hybridized carbons (Fsp3) is 0.917. The molecule has 0 aromatic rings. The summed E-state index contributed by atoms with van der Waals surface area (Å²) >= 11 is 0. The van der Waals surface area contributed by atoms with E-state index in [0.717, 1.165) is 32.4 Å². The molecule has 0 saturated carbocycles. The van der Waals surface area contributed by atoms with Gasteiger partial charge in [-0.1, -0.05) is 6.92 Å². The first-order chi connectivity index (χ1) is 6.90. The third-order valence-corrected chi connectivity index (χ3v) is 2.98. The van der Waals surface area contributed by atoms with E-state index >= 15 is 0 Å². The minimum atomic E-state index is -0.378. The van der Waals surface area contributed by atoms with Gasteiger partial charge in [0, 0.05) is 6.54 Å². The van der Waals surface area contributed by atoms with Crippen molar-refractivity contribution in [1.82, 2.24) is 5.32 Å². The van der Waals surface area contributed by atoms with Crippen LogP contribution in [-0.4, -0.2) is 24.7 Å². The number of ether oxygens (including phenoxy) is 1. The standard InChI is InChI=1S/C12H23NO2/c1-5-12(7-6-8-13-9-12)10(14)15-11(2,3)4/h13H,5-9H2,1-4H3/t12-/m0/s1. The summed E-state index contributed by atoms with van der Waals surface area (Å²) in [5.74, 6) is -0.0373. The molecule has 1 rings (SSSR count). The van der Waals surface area contributed by atoms with Gasteiger partial charge in [0.25, 0.3) is 0 Å². The van der Waals surface area contributed by atoms with Gasteiger partial charge in [-0.2, -0.15) is 0 Å². The van der Waals surface area contributed by atoms with Gasteiger partial charge in [0.1, 0.15) is 5.60 Å². The van der Waals surface area contributed by atoms with Crippen LogP contribution in [0.4, 0.5) is 0 Å². The van der Waals surface area contributed by atoms with Crippen LogP contribution in [0.25, 0.3) is 0 Å². The zero-order valence-electron chi connectivity index (χ0n) is 10.4. The molecule has 3 nitrogen and oxygen atoms in total. The molecule has 0 unspecified atom stereocenters. The van der Waals surface area contributed by atoms with Gasteiger partial charge in [0.15, 0.2) is 0 Å². The Morgan fingerprint density at radius 3 is 2.53 bits per heavy atom. The van der Waals surface area contributed by atoms with Gasteiger partial charge >= 0.3 is 5.97 Å². The highest BCUT2D eigenvalue weighted by Crippen LogP contribution is 2.32. The van der Waals surface area contributed by atoms with Crippen LogP contribution < -0.4 is 5.32 Å². The van der Waals surface area contributed by atoms with Crippen molar-refractivity contribution in [3.05, 3.63) is 0 Å². The summed E-state index contributed by atoms with van der Waals surface area (Å²) in [7, 11) is 0. The maximum Gasteiger partial charge on any atom is 0.313 e. The summed E-state index contributed by atoms with van der Waals surface area (Å²) in [4.78, 5) is 12.1. The van der Waals surface area contributed by atoms with Crippen LogP contribution in [0.2, 0.25) is 0 Å². The third-order valence-electron chi connectivity index (χ3n) is 2.98. The third kappa shape index (κ3) is 3.20. The molecular weight excluding hydrogens is 190 g/mol. The monoisotopic (exact) mass is 213 g/mol. The Morgan fingerprint density at radius 1 is 1.47 bits per heavy atom. The van der Waals surface area contributed by atoms with Crippen LogP contribution >= 0.6 is 0 Å². The first-order valence-electron chi connectivity index (χ1n) is 5.84. The van der Waals surface area contributed by atoms with E-state index in [1.807, 2.05) is 20.8 Å². The smallest absolute Gasteiger partial charge is 0.313 e. The van der Waals surface area contributed by atoms with Gasteiger partial charge < -0.3 is 10.1 Å². The average Bonchev–Trinajstić information content (AvgIpc) is 2.16. The summed E-state index contributed by atoms with van der Waals surface area (Å²) < 4.78 is 5.49. The number of piperidine rings is 1. The van der Waals surface area contributed by atoms with Crippen LogP contribution in [0, 0.1) is 5.41 Å². The van der Waals surface area contributed by atoms with E-state index in [2.05, 4.69) is 12.2 Å². The Morgan fingerprint density at radius 2 is 2.13 bits per heavy atom. The predicted molar refractivity (Wildman–Crippen MR) is 60.7 cm³/mol. The maximum absolute atomic E-state index is 12.1. The van der Waals surface area contributed by atoms with Crippen LogP contribution in [0.5, 0.6) is 0 Å². The summed E-state index contributed by atoms with van der Waals surface area (Å²) in [6.07, 6.45) is 2.87. The summed E-state index contributed by atoms with van der Waals surface area (Å²) in [5.41, 5.74) is -0.664. The highest BCUT2D eigenvalue weighted by molar-refractivity contribution is 5.77. The molecule has 1 aliphatic rings. The van der Waals surface area contributed by atoms with Crippen LogP contribution in [-0.2, 0) is 9.53 Å². The molecule has 1 N–H and O–H groups in total. The molecule has 1 fully saturated rings. The molecule has 1 saturated heterocycles. The molecule has 0 amide bonds. The largest absolute Gasteiger partial charge is 0.460 e. The lowest BCUT2D eigenvalue weighted by molar-refractivity contribution is -0.169. The number of esters is 1. The molecule has 0 bridgehead atoms. The van der Waals surface area contributed by atoms with Crippen molar-refractivity contribution in [3.8, 4) is 0 Å². The first kappa shape index (κ1) is 12.5. The number of rotatable bonds is 2. The van der Waals surface area contributed by atoms with Crippen LogP contribution in [0.3, 0.4) is 0 Å². The Hall–Kier alpha value is -0.570. The molecule has 88 valence electrons. The van der Waals surface area contributed by atoms with Gasteiger partial charge in [0.2, 0.25) is 0 Å². The molecule has 0 spiro atoms. The van der Waals surface area contributed by atoms with E-state index in [1.54, 1.807) is 0 Å². The van der Waals surface area contributed by atoms with Crippen molar-refractivity contribution in [2.45, 2.75) is 52.6 Å². The second-order valence-corrected chi connectivity index (χ2v) is 5.42. The Labute approximate surface area is 92.6 Å². The normalized spacial score (nSPS) is 27.5. The summed E-state index contributed by atoms with van der Waals surface area (Å²) in [5, 5.41) is 3.29.